The second-order valence-corrected chi connectivity index (χ2v) is 11.2. The molecule has 0 bridgehead atoms. The molecule has 0 radical (unpaired) electrons. The van der Waals surface area contributed by atoms with Crippen molar-refractivity contribution in [3.63, 3.8) is 0 Å². The number of aromatic nitrogens is 1. The maximum absolute atomic E-state index is 13.0. The van der Waals surface area contributed by atoms with Gasteiger partial charge in [-0.3, -0.25) is 9.59 Å². The fourth-order valence-corrected chi connectivity index (χ4v) is 6.82. The number of carbonyl (C=O) groups is 2. The number of likely N-dealkylation sites (N-methyl/N-ethyl adjacent to an activating group) is 1. The Morgan fingerprint density at radius 2 is 1.84 bits per heavy atom. The standard InChI is InChI=1S/C23H25ClN4O2S2/c1-28-9-8-17-20(12-28)32-23(27-17)22(30)26-16-5-3-2-4-15(16)25-21(29)19-10-13-6-7-14(24)11-18(13)31-19/h6-7,10-11,15-16H,2-5,8-9,12H2,1H3,(H,25,29)(H,26,30). The van der Waals surface area contributed by atoms with Gasteiger partial charge in [-0.15, -0.1) is 22.7 Å². The predicted octanol–water partition coefficient (Wildman–Crippen LogP) is 4.47. The molecule has 3 aromatic rings. The van der Waals surface area contributed by atoms with Crippen molar-refractivity contribution in [2.75, 3.05) is 13.6 Å². The summed E-state index contributed by atoms with van der Waals surface area (Å²) in [5, 5.41) is 8.54. The number of thiazole rings is 1. The SMILES string of the molecule is CN1CCc2nc(C(=O)NC3CCCCC3NC(=O)c3cc4ccc(Cl)cc4s3)sc2C1. The molecule has 1 aliphatic heterocycles. The lowest BCUT2D eigenvalue weighted by atomic mass is 9.90. The maximum Gasteiger partial charge on any atom is 0.280 e. The molecule has 1 saturated carbocycles. The van der Waals surface area contributed by atoms with Crippen LogP contribution in [0.5, 0.6) is 0 Å². The molecule has 32 heavy (non-hydrogen) atoms. The summed E-state index contributed by atoms with van der Waals surface area (Å²) in [5.74, 6) is -0.226. The lowest BCUT2D eigenvalue weighted by Gasteiger charge is -2.32. The van der Waals surface area contributed by atoms with E-state index in [-0.39, 0.29) is 23.9 Å². The maximum atomic E-state index is 13.0. The van der Waals surface area contributed by atoms with Gasteiger partial charge in [0.15, 0.2) is 5.01 Å². The van der Waals surface area contributed by atoms with Crippen LogP contribution in [0.1, 0.15) is 55.7 Å². The largest absolute Gasteiger partial charge is 0.347 e. The van der Waals surface area contributed by atoms with Crippen LogP contribution in [0.3, 0.4) is 0 Å². The number of nitrogens with zero attached hydrogens (tertiary/aromatic N) is 2. The van der Waals surface area contributed by atoms with Gasteiger partial charge in [0.05, 0.1) is 10.6 Å². The van der Waals surface area contributed by atoms with Crippen LogP contribution in [0.15, 0.2) is 24.3 Å². The second-order valence-electron chi connectivity index (χ2n) is 8.61. The average molecular weight is 489 g/mol. The molecule has 9 heteroatoms. The van der Waals surface area contributed by atoms with Gasteiger partial charge in [0, 0.05) is 46.2 Å². The molecule has 2 aliphatic rings. The monoisotopic (exact) mass is 488 g/mol. The summed E-state index contributed by atoms with van der Waals surface area (Å²) in [6.45, 7) is 1.82. The first-order valence-corrected chi connectivity index (χ1v) is 13.0. The molecular weight excluding hydrogens is 464 g/mol. The van der Waals surface area contributed by atoms with E-state index in [9.17, 15) is 9.59 Å². The van der Waals surface area contributed by atoms with E-state index in [0.717, 1.165) is 61.0 Å². The van der Waals surface area contributed by atoms with Crippen LogP contribution in [0.25, 0.3) is 10.1 Å². The number of carbonyl (C=O) groups excluding carboxylic acids is 2. The predicted molar refractivity (Wildman–Crippen MR) is 130 cm³/mol. The van der Waals surface area contributed by atoms with E-state index < -0.39 is 0 Å². The van der Waals surface area contributed by atoms with Gasteiger partial charge in [-0.1, -0.05) is 30.5 Å². The van der Waals surface area contributed by atoms with Gasteiger partial charge in [0.25, 0.3) is 11.8 Å². The van der Waals surface area contributed by atoms with Crippen LogP contribution in [0.2, 0.25) is 5.02 Å². The van der Waals surface area contributed by atoms with Crippen LogP contribution in [0, 0.1) is 0 Å². The normalized spacial score (nSPS) is 21.3. The van der Waals surface area contributed by atoms with Crippen molar-refractivity contribution < 1.29 is 9.59 Å². The van der Waals surface area contributed by atoms with Crippen molar-refractivity contribution in [2.24, 2.45) is 0 Å². The second kappa shape index (κ2) is 9.09. The molecule has 2 aromatic heterocycles. The minimum atomic E-state index is -0.130. The van der Waals surface area contributed by atoms with Crippen molar-refractivity contribution >= 4 is 56.2 Å². The highest BCUT2D eigenvalue weighted by molar-refractivity contribution is 7.20. The van der Waals surface area contributed by atoms with Gasteiger partial charge < -0.3 is 15.5 Å². The molecule has 168 valence electrons. The number of thiophene rings is 1. The molecule has 0 saturated heterocycles. The van der Waals surface area contributed by atoms with Crippen molar-refractivity contribution in [3.8, 4) is 0 Å². The first-order valence-electron chi connectivity index (χ1n) is 10.9. The summed E-state index contributed by atoms with van der Waals surface area (Å²) >= 11 is 9.01. The Morgan fingerprint density at radius 1 is 1.09 bits per heavy atom. The smallest absolute Gasteiger partial charge is 0.280 e. The van der Waals surface area contributed by atoms with Crippen LogP contribution in [-0.2, 0) is 13.0 Å². The van der Waals surface area contributed by atoms with Gasteiger partial charge in [0.1, 0.15) is 0 Å². The number of hydrogen-bond acceptors (Lipinski definition) is 6. The summed E-state index contributed by atoms with van der Waals surface area (Å²) in [6.07, 6.45) is 4.67. The molecule has 1 aliphatic carbocycles. The van der Waals surface area contributed by atoms with E-state index >= 15 is 0 Å². The summed E-state index contributed by atoms with van der Waals surface area (Å²) in [5.41, 5.74) is 1.05. The molecule has 2 amide bonds. The molecule has 1 fully saturated rings. The van der Waals surface area contributed by atoms with Gasteiger partial charge in [-0.25, -0.2) is 4.98 Å². The molecule has 2 atom stereocenters. The fourth-order valence-electron chi connectivity index (χ4n) is 4.48. The van der Waals surface area contributed by atoms with Crippen molar-refractivity contribution in [1.82, 2.24) is 20.5 Å². The Morgan fingerprint density at radius 3 is 2.62 bits per heavy atom. The molecule has 5 rings (SSSR count). The van der Waals surface area contributed by atoms with Gasteiger partial charge >= 0.3 is 0 Å². The van der Waals surface area contributed by atoms with Crippen molar-refractivity contribution in [1.29, 1.82) is 0 Å². The van der Waals surface area contributed by atoms with Crippen molar-refractivity contribution in [2.45, 2.75) is 50.7 Å². The number of amides is 2. The number of nitrogens with one attached hydrogen (secondary N) is 2. The minimum Gasteiger partial charge on any atom is -0.347 e. The number of fused-ring (bicyclic) bond motifs is 2. The van der Waals surface area contributed by atoms with Crippen molar-refractivity contribution in [3.05, 3.63) is 49.7 Å². The quantitative estimate of drug-likeness (QED) is 0.568. The molecule has 6 nitrogen and oxygen atoms in total. The van der Waals surface area contributed by atoms with E-state index in [4.69, 9.17) is 11.6 Å². The molecule has 1 aromatic carbocycles. The summed E-state index contributed by atoms with van der Waals surface area (Å²) in [6, 6.07) is 7.37. The highest BCUT2D eigenvalue weighted by Crippen LogP contribution is 2.29. The molecule has 3 heterocycles. The number of benzene rings is 1. The number of halogens is 1. The average Bonchev–Trinajstić information content (AvgIpc) is 3.38. The number of hydrogen-bond donors (Lipinski definition) is 2. The topological polar surface area (TPSA) is 74.3 Å². The summed E-state index contributed by atoms with van der Waals surface area (Å²) in [7, 11) is 2.09. The van der Waals surface area contributed by atoms with Crippen LogP contribution in [0.4, 0.5) is 0 Å². The summed E-state index contributed by atoms with van der Waals surface area (Å²) in [4.78, 5) is 34.6. The highest BCUT2D eigenvalue weighted by Gasteiger charge is 2.30. The first-order chi connectivity index (χ1) is 15.5. The first kappa shape index (κ1) is 21.8. The fraction of sp³-hybridized carbons (Fsp3) is 0.435. The van der Waals surface area contributed by atoms with Gasteiger partial charge in [0.2, 0.25) is 0 Å². The Bertz CT molecular complexity index is 1170. The molecule has 0 spiro atoms. The van der Waals surface area contributed by atoms with Crippen LogP contribution < -0.4 is 10.6 Å². The zero-order valence-electron chi connectivity index (χ0n) is 17.8. The van der Waals surface area contributed by atoms with E-state index in [0.29, 0.717) is 14.9 Å². The van der Waals surface area contributed by atoms with E-state index in [1.165, 1.54) is 27.6 Å². The van der Waals surface area contributed by atoms with Crippen LogP contribution in [-0.4, -0.2) is 47.4 Å². The molecule has 2 N–H and O–H groups in total. The Balaban J connectivity index is 1.27. The Hall–Kier alpha value is -2.00. The van der Waals surface area contributed by atoms with Gasteiger partial charge in [-0.2, -0.15) is 0 Å². The van der Waals surface area contributed by atoms with E-state index in [1.54, 1.807) is 0 Å². The third-order valence-corrected chi connectivity index (χ3v) is 8.63. The van der Waals surface area contributed by atoms with E-state index in [2.05, 4.69) is 27.6 Å². The van der Waals surface area contributed by atoms with Gasteiger partial charge in [-0.05, 0) is 43.5 Å². The number of rotatable bonds is 4. The molecule has 2 unspecified atom stereocenters. The lowest BCUT2D eigenvalue weighted by Crippen LogP contribution is -2.53. The van der Waals surface area contributed by atoms with E-state index in [1.807, 2.05) is 24.3 Å². The third-order valence-electron chi connectivity index (χ3n) is 6.22. The minimum absolute atomic E-state index is 0.0882. The third kappa shape index (κ3) is 4.55. The Kier molecular flexibility index (Phi) is 6.20. The Labute approximate surface area is 200 Å². The summed E-state index contributed by atoms with van der Waals surface area (Å²) < 4.78 is 0.995. The van der Waals surface area contributed by atoms with Crippen LogP contribution >= 0.6 is 34.3 Å². The zero-order valence-corrected chi connectivity index (χ0v) is 20.2. The highest BCUT2D eigenvalue weighted by atomic mass is 35.5. The zero-order chi connectivity index (χ0) is 22.2. The lowest BCUT2D eigenvalue weighted by molar-refractivity contribution is 0.0864. The molecular formula is C23H25ClN4O2S2.